The summed E-state index contributed by atoms with van der Waals surface area (Å²) in [6.07, 6.45) is 2.94. The second-order valence-corrected chi connectivity index (χ2v) is 4.80. The third-order valence-electron chi connectivity index (χ3n) is 3.39. The van der Waals surface area contributed by atoms with Crippen LogP contribution in [0.5, 0.6) is 0 Å². The zero-order chi connectivity index (χ0) is 15.2. The number of nitrogens with zero attached hydrogens (tertiary/aromatic N) is 2. The van der Waals surface area contributed by atoms with Crippen LogP contribution in [0.25, 0.3) is 6.08 Å². The summed E-state index contributed by atoms with van der Waals surface area (Å²) in [5, 5.41) is 2.61. The molecule has 1 fully saturated rings. The fraction of sp³-hybridized carbons (Fsp3) is 0.333. The van der Waals surface area contributed by atoms with Crippen LogP contribution in [0.1, 0.15) is 12.5 Å². The number of carbonyl (C=O) groups excluding carboxylic acids is 2. The van der Waals surface area contributed by atoms with E-state index in [-0.39, 0.29) is 17.8 Å². The lowest BCUT2D eigenvalue weighted by Crippen LogP contribution is -2.52. The van der Waals surface area contributed by atoms with E-state index in [1.165, 1.54) is 25.3 Å². The maximum atomic E-state index is 13.4. The fourth-order valence-corrected chi connectivity index (χ4v) is 2.13. The van der Waals surface area contributed by atoms with Gasteiger partial charge in [0, 0.05) is 44.9 Å². The van der Waals surface area contributed by atoms with Gasteiger partial charge in [-0.25, -0.2) is 9.18 Å². The molecule has 1 aliphatic rings. The highest BCUT2D eigenvalue weighted by atomic mass is 19.1. The molecule has 0 aromatic heterocycles. The van der Waals surface area contributed by atoms with Crippen LogP contribution in [0.15, 0.2) is 30.5 Å². The molecule has 0 unspecified atom stereocenters. The van der Waals surface area contributed by atoms with E-state index in [0.29, 0.717) is 31.7 Å². The third kappa shape index (κ3) is 4.05. The number of rotatable bonds is 2. The highest BCUT2D eigenvalue weighted by Gasteiger charge is 2.21. The van der Waals surface area contributed by atoms with E-state index in [2.05, 4.69) is 5.32 Å². The summed E-state index contributed by atoms with van der Waals surface area (Å²) in [5.74, 6) is -0.312. The van der Waals surface area contributed by atoms with Crippen LogP contribution in [0.3, 0.4) is 0 Å². The smallest absolute Gasteiger partial charge is 0.321 e. The van der Waals surface area contributed by atoms with Crippen molar-refractivity contribution in [3.8, 4) is 0 Å². The summed E-state index contributed by atoms with van der Waals surface area (Å²) < 4.78 is 13.4. The van der Waals surface area contributed by atoms with Gasteiger partial charge in [-0.2, -0.15) is 0 Å². The number of hydrogen-bond acceptors (Lipinski definition) is 2. The minimum Gasteiger partial charge on any atom is -0.339 e. The molecule has 0 radical (unpaired) electrons. The Balaban J connectivity index is 1.83. The molecule has 3 amide bonds. The number of benzene rings is 1. The Morgan fingerprint density at radius 3 is 2.38 bits per heavy atom. The van der Waals surface area contributed by atoms with Gasteiger partial charge >= 0.3 is 6.03 Å². The average Bonchev–Trinajstić information content (AvgIpc) is 2.49. The number of amides is 3. The lowest BCUT2D eigenvalue weighted by Gasteiger charge is -2.33. The lowest BCUT2D eigenvalue weighted by atomic mass is 10.2. The van der Waals surface area contributed by atoms with Crippen LogP contribution in [0.4, 0.5) is 9.18 Å². The number of urea groups is 1. The largest absolute Gasteiger partial charge is 0.339 e. The predicted molar refractivity (Wildman–Crippen MR) is 77.8 cm³/mol. The number of carbonyl (C=O) groups is 2. The molecule has 0 spiro atoms. The Bertz CT molecular complexity index is 552. The molecule has 0 saturated carbocycles. The van der Waals surface area contributed by atoms with Crippen LogP contribution in [0.2, 0.25) is 0 Å². The molecule has 1 aliphatic heterocycles. The van der Waals surface area contributed by atoms with Gasteiger partial charge in [-0.1, -0.05) is 18.2 Å². The van der Waals surface area contributed by atoms with Crippen LogP contribution in [0, 0.1) is 5.82 Å². The highest BCUT2D eigenvalue weighted by molar-refractivity contribution is 5.77. The maximum Gasteiger partial charge on any atom is 0.321 e. The summed E-state index contributed by atoms with van der Waals surface area (Å²) in [6, 6.07) is 6.09. The molecule has 1 saturated heterocycles. The van der Waals surface area contributed by atoms with Crippen molar-refractivity contribution in [2.24, 2.45) is 0 Å². The molecule has 1 N–H and O–H groups in total. The normalized spacial score (nSPS) is 15.3. The molecular formula is C15H18FN3O2. The lowest BCUT2D eigenvalue weighted by molar-refractivity contribution is -0.130. The van der Waals surface area contributed by atoms with Gasteiger partial charge in [-0.3, -0.25) is 4.79 Å². The van der Waals surface area contributed by atoms with Gasteiger partial charge in [0.2, 0.25) is 5.91 Å². The maximum absolute atomic E-state index is 13.4. The first-order valence-electron chi connectivity index (χ1n) is 6.80. The van der Waals surface area contributed by atoms with Crippen LogP contribution < -0.4 is 5.32 Å². The number of piperazine rings is 1. The molecular weight excluding hydrogens is 273 g/mol. The van der Waals surface area contributed by atoms with Gasteiger partial charge in [-0.05, 0) is 12.1 Å². The SMILES string of the molecule is CC(=O)N1CCN(C(=O)N/C=C/c2ccccc2F)CC1. The second kappa shape index (κ2) is 6.88. The molecule has 6 heteroatoms. The monoisotopic (exact) mass is 291 g/mol. The van der Waals surface area contributed by atoms with Gasteiger partial charge in [0.25, 0.3) is 0 Å². The minimum absolute atomic E-state index is 0.0227. The Labute approximate surface area is 123 Å². The first kappa shape index (κ1) is 15.0. The molecule has 21 heavy (non-hydrogen) atoms. The van der Waals surface area contributed by atoms with Crippen molar-refractivity contribution in [3.63, 3.8) is 0 Å². The number of nitrogens with one attached hydrogen (secondary N) is 1. The Kier molecular flexibility index (Phi) is 4.92. The van der Waals surface area contributed by atoms with Crippen molar-refractivity contribution in [2.45, 2.75) is 6.92 Å². The third-order valence-corrected chi connectivity index (χ3v) is 3.39. The van der Waals surface area contributed by atoms with Crippen molar-refractivity contribution < 1.29 is 14.0 Å². The van der Waals surface area contributed by atoms with E-state index < -0.39 is 0 Å². The van der Waals surface area contributed by atoms with Gasteiger partial charge in [0.1, 0.15) is 5.82 Å². The fourth-order valence-electron chi connectivity index (χ4n) is 2.13. The van der Waals surface area contributed by atoms with Gasteiger partial charge in [0.05, 0.1) is 0 Å². The summed E-state index contributed by atoms with van der Waals surface area (Å²) >= 11 is 0. The number of halogens is 1. The minimum atomic E-state index is -0.335. The molecule has 112 valence electrons. The van der Waals surface area contributed by atoms with Crippen molar-refractivity contribution >= 4 is 18.0 Å². The summed E-state index contributed by atoms with van der Waals surface area (Å²) in [6.45, 7) is 3.60. The molecule has 1 heterocycles. The highest BCUT2D eigenvalue weighted by Crippen LogP contribution is 2.07. The van der Waals surface area contributed by atoms with E-state index >= 15 is 0 Å². The zero-order valence-corrected chi connectivity index (χ0v) is 11.9. The molecule has 2 rings (SSSR count). The van der Waals surface area contributed by atoms with E-state index in [1.54, 1.807) is 28.0 Å². The van der Waals surface area contributed by atoms with Crippen LogP contribution in [-0.4, -0.2) is 47.9 Å². The van der Waals surface area contributed by atoms with E-state index in [1.807, 2.05) is 0 Å². The standard InChI is InChI=1S/C15H18FN3O2/c1-12(20)18-8-10-19(11-9-18)15(21)17-7-6-13-4-2-3-5-14(13)16/h2-7H,8-11H2,1H3,(H,17,21)/b7-6+. The van der Waals surface area contributed by atoms with Crippen molar-refractivity contribution in [3.05, 3.63) is 41.8 Å². The molecule has 1 aromatic carbocycles. The topological polar surface area (TPSA) is 52.7 Å². The number of hydrogen-bond donors (Lipinski definition) is 1. The molecule has 1 aromatic rings. The van der Waals surface area contributed by atoms with Gasteiger partial charge < -0.3 is 15.1 Å². The van der Waals surface area contributed by atoms with E-state index in [4.69, 9.17) is 0 Å². The predicted octanol–water partition coefficient (Wildman–Crippen LogP) is 1.67. The average molecular weight is 291 g/mol. The van der Waals surface area contributed by atoms with Crippen LogP contribution in [-0.2, 0) is 4.79 Å². The van der Waals surface area contributed by atoms with Gasteiger partial charge in [-0.15, -0.1) is 0 Å². The van der Waals surface area contributed by atoms with E-state index in [9.17, 15) is 14.0 Å². The Morgan fingerprint density at radius 1 is 1.14 bits per heavy atom. The zero-order valence-electron chi connectivity index (χ0n) is 11.9. The van der Waals surface area contributed by atoms with Crippen molar-refractivity contribution in [1.29, 1.82) is 0 Å². The van der Waals surface area contributed by atoms with Crippen LogP contribution >= 0.6 is 0 Å². The van der Waals surface area contributed by atoms with Crippen molar-refractivity contribution in [1.82, 2.24) is 15.1 Å². The van der Waals surface area contributed by atoms with Gasteiger partial charge in [0.15, 0.2) is 0 Å². The molecule has 5 nitrogen and oxygen atoms in total. The summed E-state index contributed by atoms with van der Waals surface area (Å²) in [4.78, 5) is 26.4. The molecule has 0 bridgehead atoms. The Hall–Kier alpha value is -2.37. The van der Waals surface area contributed by atoms with Crippen molar-refractivity contribution in [2.75, 3.05) is 26.2 Å². The first-order valence-corrected chi connectivity index (χ1v) is 6.80. The quantitative estimate of drug-likeness (QED) is 0.901. The molecule has 0 aliphatic carbocycles. The second-order valence-electron chi connectivity index (χ2n) is 4.80. The molecule has 0 atom stereocenters. The summed E-state index contributed by atoms with van der Waals surface area (Å²) in [7, 11) is 0. The Morgan fingerprint density at radius 2 is 1.76 bits per heavy atom. The van der Waals surface area contributed by atoms with E-state index in [0.717, 1.165) is 0 Å². The summed E-state index contributed by atoms with van der Waals surface area (Å²) in [5.41, 5.74) is 0.416. The first-order chi connectivity index (χ1) is 10.1.